The minimum absolute atomic E-state index is 0.230. The number of sulfonamides is 1. The summed E-state index contributed by atoms with van der Waals surface area (Å²) in [5, 5.41) is 3.65. The molecular formula is C18H21FN4O5S. The van der Waals surface area contributed by atoms with Crippen LogP contribution >= 0.6 is 0 Å². The van der Waals surface area contributed by atoms with Crippen molar-refractivity contribution in [3.63, 3.8) is 0 Å². The zero-order valence-corrected chi connectivity index (χ0v) is 16.6. The summed E-state index contributed by atoms with van der Waals surface area (Å²) < 4.78 is 49.5. The third-order valence-corrected chi connectivity index (χ3v) is 6.09. The maximum Gasteiger partial charge on any atom is 0.254 e. The summed E-state index contributed by atoms with van der Waals surface area (Å²) in [6, 6.07) is 6.52. The number of nitrogens with one attached hydrogen (secondary N) is 1. The Labute approximate surface area is 167 Å². The Morgan fingerprint density at radius 2 is 2.07 bits per heavy atom. The second kappa shape index (κ2) is 8.01. The standard InChI is InChI=1S/C18H21FN4O5S/c1-29(24,25)23-7-5-22(6-8-23)17-3-2-13(10-15(17)19)16-11-14(28-20-16)12-26-18-4-9-27-21-18/h2-4,9-11,14,20H,5-8,12H2,1H3. The van der Waals surface area contributed by atoms with E-state index in [-0.39, 0.29) is 18.5 Å². The number of hydrogen-bond donors (Lipinski definition) is 1. The normalized spacial score (nSPS) is 20.4. The molecule has 0 bridgehead atoms. The summed E-state index contributed by atoms with van der Waals surface area (Å²) in [5.41, 5.74) is 4.52. The molecule has 1 N–H and O–H groups in total. The van der Waals surface area contributed by atoms with Crippen LogP contribution in [0.25, 0.3) is 5.70 Å². The highest BCUT2D eigenvalue weighted by Gasteiger charge is 2.25. The second-order valence-corrected chi connectivity index (χ2v) is 8.79. The Morgan fingerprint density at radius 3 is 2.72 bits per heavy atom. The molecule has 1 aromatic heterocycles. The number of rotatable bonds is 6. The Balaban J connectivity index is 1.39. The van der Waals surface area contributed by atoms with E-state index in [1.165, 1.54) is 22.9 Å². The lowest BCUT2D eigenvalue weighted by molar-refractivity contribution is 0.0219. The number of nitrogens with zero attached hydrogens (tertiary/aromatic N) is 3. The number of piperazine rings is 1. The zero-order chi connectivity index (χ0) is 20.4. The van der Waals surface area contributed by atoms with E-state index in [0.29, 0.717) is 49.0 Å². The molecule has 1 unspecified atom stereocenters. The summed E-state index contributed by atoms with van der Waals surface area (Å²) in [6.07, 6.45) is 4.05. The van der Waals surface area contributed by atoms with Crippen molar-refractivity contribution >= 4 is 21.4 Å². The largest absolute Gasteiger partial charge is 0.472 e. The first-order valence-electron chi connectivity index (χ1n) is 9.07. The molecule has 1 aromatic carbocycles. The molecule has 1 saturated heterocycles. The fourth-order valence-corrected chi connectivity index (χ4v) is 4.09. The van der Waals surface area contributed by atoms with Crippen molar-refractivity contribution < 1.29 is 26.9 Å². The molecule has 29 heavy (non-hydrogen) atoms. The molecule has 3 heterocycles. The topological polar surface area (TPSA) is 97.1 Å². The molecule has 4 rings (SSSR count). The number of hydroxylamine groups is 1. The smallest absolute Gasteiger partial charge is 0.254 e. The quantitative estimate of drug-likeness (QED) is 0.739. The van der Waals surface area contributed by atoms with Crippen LogP contribution in [0, 0.1) is 5.82 Å². The molecule has 0 radical (unpaired) electrons. The molecule has 2 aliphatic heterocycles. The fraction of sp³-hybridized carbons (Fsp3) is 0.389. The average molecular weight is 424 g/mol. The summed E-state index contributed by atoms with van der Waals surface area (Å²) >= 11 is 0. The van der Waals surface area contributed by atoms with E-state index in [1.54, 1.807) is 24.3 Å². The molecule has 2 aliphatic rings. The Hall–Kier alpha value is -2.63. The van der Waals surface area contributed by atoms with Gasteiger partial charge < -0.3 is 14.2 Å². The first-order chi connectivity index (χ1) is 13.9. The fourth-order valence-electron chi connectivity index (χ4n) is 3.27. The van der Waals surface area contributed by atoms with Gasteiger partial charge in [-0.3, -0.25) is 10.3 Å². The van der Waals surface area contributed by atoms with Crippen LogP contribution in [-0.4, -0.2) is 63.0 Å². The van der Waals surface area contributed by atoms with E-state index in [1.807, 2.05) is 4.90 Å². The molecule has 0 amide bonds. The summed E-state index contributed by atoms with van der Waals surface area (Å²) in [6.45, 7) is 1.79. The van der Waals surface area contributed by atoms with Crippen LogP contribution in [-0.2, 0) is 14.9 Å². The minimum atomic E-state index is -3.22. The highest BCUT2D eigenvalue weighted by Crippen LogP contribution is 2.26. The molecule has 0 saturated carbocycles. The van der Waals surface area contributed by atoms with E-state index >= 15 is 0 Å². The predicted molar refractivity (Wildman–Crippen MR) is 103 cm³/mol. The molecule has 156 valence electrons. The highest BCUT2D eigenvalue weighted by atomic mass is 32.2. The highest BCUT2D eigenvalue weighted by molar-refractivity contribution is 7.88. The Kier molecular flexibility index (Phi) is 5.43. The molecule has 1 fully saturated rings. The van der Waals surface area contributed by atoms with Gasteiger partial charge in [-0.2, -0.15) is 4.31 Å². The van der Waals surface area contributed by atoms with Crippen molar-refractivity contribution in [3.05, 3.63) is 48.0 Å². The van der Waals surface area contributed by atoms with E-state index in [4.69, 9.17) is 14.1 Å². The average Bonchev–Trinajstić information content (AvgIpc) is 3.38. The zero-order valence-electron chi connectivity index (χ0n) is 15.7. The van der Waals surface area contributed by atoms with Crippen molar-refractivity contribution in [1.29, 1.82) is 0 Å². The molecule has 0 spiro atoms. The van der Waals surface area contributed by atoms with Crippen LogP contribution in [0.4, 0.5) is 10.1 Å². The van der Waals surface area contributed by atoms with Gasteiger partial charge in [0.25, 0.3) is 5.88 Å². The molecule has 1 atom stereocenters. The lowest BCUT2D eigenvalue weighted by atomic mass is 10.1. The SMILES string of the molecule is CS(=O)(=O)N1CCN(c2ccc(C3=CC(COc4ccon4)ON3)cc2F)CC1. The monoisotopic (exact) mass is 424 g/mol. The van der Waals surface area contributed by atoms with Crippen molar-refractivity contribution in [2.75, 3.05) is 43.9 Å². The third-order valence-electron chi connectivity index (χ3n) is 4.79. The number of halogens is 1. The van der Waals surface area contributed by atoms with Crippen LogP contribution in [0.2, 0.25) is 0 Å². The van der Waals surface area contributed by atoms with Gasteiger partial charge in [-0.25, -0.2) is 12.8 Å². The van der Waals surface area contributed by atoms with Gasteiger partial charge in [-0.15, -0.1) is 0 Å². The van der Waals surface area contributed by atoms with Gasteiger partial charge in [0.15, 0.2) is 0 Å². The van der Waals surface area contributed by atoms with Gasteiger partial charge in [0.2, 0.25) is 10.0 Å². The van der Waals surface area contributed by atoms with Crippen LogP contribution in [0.5, 0.6) is 5.88 Å². The lowest BCUT2D eigenvalue weighted by Crippen LogP contribution is -2.48. The predicted octanol–water partition coefficient (Wildman–Crippen LogP) is 1.22. The van der Waals surface area contributed by atoms with Crippen molar-refractivity contribution in [2.24, 2.45) is 0 Å². The lowest BCUT2D eigenvalue weighted by Gasteiger charge is -2.34. The first kappa shape index (κ1) is 19.7. The molecular weight excluding hydrogens is 403 g/mol. The van der Waals surface area contributed by atoms with Gasteiger partial charge in [0.05, 0.1) is 17.6 Å². The molecule has 0 aliphatic carbocycles. The van der Waals surface area contributed by atoms with Gasteiger partial charge in [0, 0.05) is 37.8 Å². The molecule has 2 aromatic rings. The van der Waals surface area contributed by atoms with Crippen LogP contribution in [0.15, 0.2) is 41.1 Å². The van der Waals surface area contributed by atoms with E-state index in [0.717, 1.165) is 0 Å². The van der Waals surface area contributed by atoms with Crippen LogP contribution in [0.1, 0.15) is 5.56 Å². The summed E-state index contributed by atoms with van der Waals surface area (Å²) in [4.78, 5) is 7.28. The van der Waals surface area contributed by atoms with Crippen molar-refractivity contribution in [2.45, 2.75) is 6.10 Å². The number of hydrogen-bond acceptors (Lipinski definition) is 8. The Morgan fingerprint density at radius 1 is 1.28 bits per heavy atom. The number of ether oxygens (including phenoxy) is 1. The number of aromatic nitrogens is 1. The van der Waals surface area contributed by atoms with Crippen LogP contribution < -0.4 is 15.1 Å². The van der Waals surface area contributed by atoms with Gasteiger partial charge in [-0.05, 0) is 23.4 Å². The van der Waals surface area contributed by atoms with E-state index < -0.39 is 10.0 Å². The molecule has 11 heteroatoms. The van der Waals surface area contributed by atoms with Crippen molar-refractivity contribution in [1.82, 2.24) is 14.9 Å². The third kappa shape index (κ3) is 4.52. The van der Waals surface area contributed by atoms with E-state index in [9.17, 15) is 12.8 Å². The van der Waals surface area contributed by atoms with Crippen molar-refractivity contribution in [3.8, 4) is 5.88 Å². The van der Waals surface area contributed by atoms with Gasteiger partial charge in [0.1, 0.15) is 24.8 Å². The maximum absolute atomic E-state index is 14.7. The number of anilines is 1. The minimum Gasteiger partial charge on any atom is -0.472 e. The number of benzene rings is 1. The van der Waals surface area contributed by atoms with E-state index in [2.05, 4.69) is 10.6 Å². The maximum atomic E-state index is 14.7. The van der Waals surface area contributed by atoms with Crippen LogP contribution in [0.3, 0.4) is 0 Å². The summed E-state index contributed by atoms with van der Waals surface area (Å²) in [7, 11) is -3.22. The Bertz CT molecular complexity index is 988. The summed E-state index contributed by atoms with van der Waals surface area (Å²) in [5.74, 6) is -0.0119. The second-order valence-electron chi connectivity index (χ2n) is 6.80. The first-order valence-corrected chi connectivity index (χ1v) is 10.9. The van der Waals surface area contributed by atoms with Gasteiger partial charge in [-0.1, -0.05) is 6.07 Å². The van der Waals surface area contributed by atoms with Gasteiger partial charge >= 0.3 is 0 Å². The molecule has 9 nitrogen and oxygen atoms in total.